The van der Waals surface area contributed by atoms with E-state index < -0.39 is 0 Å². The van der Waals surface area contributed by atoms with E-state index >= 15 is 0 Å². The maximum absolute atomic E-state index is 9.15. The summed E-state index contributed by atoms with van der Waals surface area (Å²) in [5, 5.41) is 20.4. The van der Waals surface area contributed by atoms with Crippen LogP contribution < -0.4 is 10.1 Å². The Balaban J connectivity index is 1.72. The first kappa shape index (κ1) is 15.1. The van der Waals surface area contributed by atoms with Gasteiger partial charge in [0.15, 0.2) is 0 Å². The van der Waals surface area contributed by atoms with Crippen molar-refractivity contribution in [2.24, 2.45) is 0 Å². The van der Waals surface area contributed by atoms with Crippen LogP contribution in [0.3, 0.4) is 0 Å². The summed E-state index contributed by atoms with van der Waals surface area (Å²) in [6, 6.07) is 15.0. The largest absolute Gasteiger partial charge is 0.496 e. The number of aliphatic hydroxyl groups is 1. The molecule has 0 bridgehead atoms. The van der Waals surface area contributed by atoms with Crippen molar-refractivity contribution in [1.29, 1.82) is 0 Å². The molecule has 0 aliphatic carbocycles. The first-order valence-electron chi connectivity index (χ1n) is 7.19. The van der Waals surface area contributed by atoms with E-state index in [1.165, 1.54) is 0 Å². The van der Waals surface area contributed by atoms with Gasteiger partial charge in [-0.15, -0.1) is 10.2 Å². The lowest BCUT2D eigenvalue weighted by Crippen LogP contribution is -2.00. The highest BCUT2D eigenvalue weighted by atomic mass is 16.5. The van der Waals surface area contributed by atoms with E-state index in [1.54, 1.807) is 7.11 Å². The van der Waals surface area contributed by atoms with Crippen LogP contribution in [-0.2, 0) is 13.2 Å². The zero-order valence-electron chi connectivity index (χ0n) is 12.7. The van der Waals surface area contributed by atoms with Crippen LogP contribution in [0.1, 0.15) is 11.5 Å². The quantitative estimate of drug-likeness (QED) is 0.728. The molecule has 6 nitrogen and oxygen atoms in total. The zero-order chi connectivity index (χ0) is 16.1. The lowest BCUT2D eigenvalue weighted by molar-refractivity contribution is 0.282. The zero-order valence-corrected chi connectivity index (χ0v) is 12.7. The summed E-state index contributed by atoms with van der Waals surface area (Å²) in [5.74, 6) is 1.58. The van der Waals surface area contributed by atoms with Crippen LogP contribution in [0.5, 0.6) is 5.75 Å². The summed E-state index contributed by atoms with van der Waals surface area (Å²) in [6.45, 7) is 0.408. The maximum atomic E-state index is 9.15. The van der Waals surface area contributed by atoms with E-state index in [2.05, 4.69) is 15.5 Å². The van der Waals surface area contributed by atoms with Gasteiger partial charge in [0.1, 0.15) is 5.75 Å². The van der Waals surface area contributed by atoms with Crippen molar-refractivity contribution in [2.45, 2.75) is 13.2 Å². The smallest absolute Gasteiger partial charge is 0.251 e. The van der Waals surface area contributed by atoms with Gasteiger partial charge in [0.2, 0.25) is 5.89 Å². The van der Waals surface area contributed by atoms with Gasteiger partial charge in [-0.3, -0.25) is 0 Å². The molecular formula is C17H17N3O3. The Hall–Kier alpha value is -2.86. The van der Waals surface area contributed by atoms with Crippen molar-refractivity contribution in [1.82, 2.24) is 10.2 Å². The third kappa shape index (κ3) is 3.49. The second kappa shape index (κ2) is 6.93. The van der Waals surface area contributed by atoms with Crippen molar-refractivity contribution in [3.8, 4) is 17.2 Å². The maximum Gasteiger partial charge on any atom is 0.251 e. The average Bonchev–Trinajstić information content (AvgIpc) is 3.09. The summed E-state index contributed by atoms with van der Waals surface area (Å²) in [4.78, 5) is 0. The number of benzene rings is 2. The fourth-order valence-corrected chi connectivity index (χ4v) is 2.21. The minimum Gasteiger partial charge on any atom is -0.496 e. The van der Waals surface area contributed by atoms with Crippen LogP contribution in [-0.4, -0.2) is 22.4 Å². The molecule has 1 heterocycles. The van der Waals surface area contributed by atoms with Gasteiger partial charge in [-0.25, -0.2) is 0 Å². The highest BCUT2D eigenvalue weighted by Crippen LogP contribution is 2.28. The standard InChI is InChI=1S/C17H17N3O3/c1-22-15-8-3-2-7-14(15)17-20-19-16(23-17)10-18-13-6-4-5-12(9-13)11-21/h2-9,18,21H,10-11H2,1H3. The van der Waals surface area contributed by atoms with Crippen LogP contribution in [0.2, 0.25) is 0 Å². The predicted octanol–water partition coefficient (Wildman–Crippen LogP) is 2.85. The van der Waals surface area contributed by atoms with Gasteiger partial charge in [-0.1, -0.05) is 24.3 Å². The van der Waals surface area contributed by atoms with Gasteiger partial charge < -0.3 is 19.6 Å². The van der Waals surface area contributed by atoms with Crippen molar-refractivity contribution < 1.29 is 14.3 Å². The van der Waals surface area contributed by atoms with E-state index in [1.807, 2.05) is 48.5 Å². The van der Waals surface area contributed by atoms with Gasteiger partial charge >= 0.3 is 0 Å². The number of anilines is 1. The van der Waals surface area contributed by atoms with Gasteiger partial charge in [0.05, 0.1) is 25.8 Å². The fourth-order valence-electron chi connectivity index (χ4n) is 2.21. The van der Waals surface area contributed by atoms with E-state index in [4.69, 9.17) is 14.3 Å². The first-order valence-corrected chi connectivity index (χ1v) is 7.19. The molecule has 2 aromatic carbocycles. The molecule has 0 unspecified atom stereocenters. The average molecular weight is 311 g/mol. The third-order valence-electron chi connectivity index (χ3n) is 3.36. The molecule has 0 aliphatic heterocycles. The fraction of sp³-hybridized carbons (Fsp3) is 0.176. The topological polar surface area (TPSA) is 80.4 Å². The Bertz CT molecular complexity index is 786. The van der Waals surface area contributed by atoms with Crippen LogP contribution in [0.15, 0.2) is 52.9 Å². The predicted molar refractivity (Wildman–Crippen MR) is 86.0 cm³/mol. The number of aliphatic hydroxyl groups excluding tert-OH is 1. The number of aromatic nitrogens is 2. The Morgan fingerprint density at radius 3 is 2.83 bits per heavy atom. The van der Waals surface area contributed by atoms with Crippen LogP contribution in [0.25, 0.3) is 11.5 Å². The van der Waals surface area contributed by atoms with Gasteiger partial charge in [-0.2, -0.15) is 0 Å². The van der Waals surface area contributed by atoms with Gasteiger partial charge in [0, 0.05) is 5.69 Å². The van der Waals surface area contributed by atoms with Crippen molar-refractivity contribution in [2.75, 3.05) is 12.4 Å². The van der Waals surface area contributed by atoms with E-state index in [0.29, 0.717) is 24.1 Å². The Kier molecular flexibility index (Phi) is 4.54. The van der Waals surface area contributed by atoms with Crippen molar-refractivity contribution >= 4 is 5.69 Å². The molecule has 0 spiro atoms. The SMILES string of the molecule is COc1ccccc1-c1nnc(CNc2cccc(CO)c2)o1. The molecule has 118 valence electrons. The van der Waals surface area contributed by atoms with Gasteiger partial charge in [-0.05, 0) is 29.8 Å². The number of hydrogen-bond acceptors (Lipinski definition) is 6. The number of hydrogen-bond donors (Lipinski definition) is 2. The van der Waals surface area contributed by atoms with E-state index in [0.717, 1.165) is 16.8 Å². The summed E-state index contributed by atoms with van der Waals surface area (Å²) < 4.78 is 11.0. The summed E-state index contributed by atoms with van der Waals surface area (Å²) >= 11 is 0. The normalized spacial score (nSPS) is 10.5. The Labute approximate surface area is 133 Å². The minimum atomic E-state index is 0.00796. The molecule has 6 heteroatoms. The lowest BCUT2D eigenvalue weighted by atomic mass is 10.2. The second-order valence-corrected chi connectivity index (χ2v) is 4.91. The molecule has 0 fully saturated rings. The van der Waals surface area contributed by atoms with Crippen LogP contribution >= 0.6 is 0 Å². The number of para-hydroxylation sites is 1. The van der Waals surface area contributed by atoms with Gasteiger partial charge in [0.25, 0.3) is 5.89 Å². The molecule has 1 aromatic heterocycles. The number of methoxy groups -OCH3 is 1. The van der Waals surface area contributed by atoms with Crippen molar-refractivity contribution in [3.05, 3.63) is 60.0 Å². The summed E-state index contributed by atoms with van der Waals surface area (Å²) in [7, 11) is 1.60. The molecule has 0 aliphatic rings. The van der Waals surface area contributed by atoms with E-state index in [9.17, 15) is 0 Å². The lowest BCUT2D eigenvalue weighted by Gasteiger charge is -2.05. The highest BCUT2D eigenvalue weighted by molar-refractivity contribution is 5.62. The van der Waals surface area contributed by atoms with Crippen LogP contribution in [0, 0.1) is 0 Å². The molecule has 0 atom stereocenters. The number of rotatable bonds is 6. The molecule has 2 N–H and O–H groups in total. The Morgan fingerprint density at radius 2 is 2.00 bits per heavy atom. The third-order valence-corrected chi connectivity index (χ3v) is 3.36. The van der Waals surface area contributed by atoms with Crippen molar-refractivity contribution in [3.63, 3.8) is 0 Å². The summed E-state index contributed by atoms with van der Waals surface area (Å²) in [6.07, 6.45) is 0. The molecule has 0 saturated heterocycles. The number of ether oxygens (including phenoxy) is 1. The molecule has 23 heavy (non-hydrogen) atoms. The molecule has 0 radical (unpaired) electrons. The Morgan fingerprint density at radius 1 is 1.13 bits per heavy atom. The molecule has 0 amide bonds. The molecule has 0 saturated carbocycles. The summed E-state index contributed by atoms with van der Waals surface area (Å²) in [5.41, 5.74) is 2.49. The number of nitrogens with one attached hydrogen (secondary N) is 1. The second-order valence-electron chi connectivity index (χ2n) is 4.91. The number of nitrogens with zero attached hydrogens (tertiary/aromatic N) is 2. The van der Waals surface area contributed by atoms with E-state index in [-0.39, 0.29) is 6.61 Å². The highest BCUT2D eigenvalue weighted by Gasteiger charge is 2.12. The molecular weight excluding hydrogens is 294 g/mol. The minimum absolute atomic E-state index is 0.00796. The first-order chi connectivity index (χ1) is 11.3. The molecule has 3 rings (SSSR count). The molecule has 3 aromatic rings. The van der Waals surface area contributed by atoms with Crippen LogP contribution in [0.4, 0.5) is 5.69 Å². The monoisotopic (exact) mass is 311 g/mol.